The number of nitrogens with zero attached hydrogens (tertiary/aromatic N) is 2. The number of amides is 4. The lowest BCUT2D eigenvalue weighted by atomic mass is 10.1. The Morgan fingerprint density at radius 3 is 2.53 bits per heavy atom. The summed E-state index contributed by atoms with van der Waals surface area (Å²) in [5, 5.41) is 5.23. The Labute approximate surface area is 218 Å². The quantitative estimate of drug-likeness (QED) is 0.285. The van der Waals surface area contributed by atoms with Crippen molar-refractivity contribution in [2.75, 3.05) is 39.5 Å². The van der Waals surface area contributed by atoms with Gasteiger partial charge in [-0.25, -0.2) is 9.28 Å². The Kier molecular flexibility index (Phi) is 8.84. The molecule has 1 saturated heterocycles. The summed E-state index contributed by atoms with van der Waals surface area (Å²) in [7, 11) is 3.50. The summed E-state index contributed by atoms with van der Waals surface area (Å²) < 4.78 is 41.2. The van der Waals surface area contributed by atoms with E-state index in [4.69, 9.17) is 11.5 Å². The lowest BCUT2D eigenvalue weighted by molar-refractivity contribution is -0.821. The summed E-state index contributed by atoms with van der Waals surface area (Å²) in [6.07, 6.45) is -4.20. The van der Waals surface area contributed by atoms with Crippen LogP contribution in [-0.4, -0.2) is 73.4 Å². The number of likely N-dealkylation sites (tertiary alicyclic amines) is 1. The van der Waals surface area contributed by atoms with Crippen LogP contribution in [0.2, 0.25) is 0 Å². The van der Waals surface area contributed by atoms with Crippen molar-refractivity contribution in [1.29, 1.82) is 0 Å². The highest BCUT2D eigenvalue weighted by molar-refractivity contribution is 6.01. The van der Waals surface area contributed by atoms with Crippen LogP contribution >= 0.6 is 0 Å². The lowest BCUT2D eigenvalue weighted by Crippen LogP contribution is -2.48. The number of primary amides is 1. The number of urea groups is 1. The summed E-state index contributed by atoms with van der Waals surface area (Å²) in [6, 6.07) is 10.3. The third-order valence-electron chi connectivity index (χ3n) is 6.12. The fourth-order valence-corrected chi connectivity index (χ4v) is 4.18. The van der Waals surface area contributed by atoms with Gasteiger partial charge in [0.1, 0.15) is 12.3 Å². The van der Waals surface area contributed by atoms with Gasteiger partial charge in [-0.05, 0) is 36.2 Å². The second-order valence-electron chi connectivity index (χ2n) is 9.77. The van der Waals surface area contributed by atoms with Gasteiger partial charge in [0.05, 0.1) is 26.2 Å². The maximum absolute atomic E-state index is 12.4. The number of nitrogens with two attached hydrogens (primary N) is 2. The summed E-state index contributed by atoms with van der Waals surface area (Å²) in [4.78, 5) is 38.6. The molecular weight excluding hydrogens is 505 g/mol. The van der Waals surface area contributed by atoms with E-state index < -0.39 is 30.0 Å². The van der Waals surface area contributed by atoms with Gasteiger partial charge in [-0.3, -0.25) is 14.5 Å². The molecule has 1 fully saturated rings. The maximum Gasteiger partial charge on any atom is 0.573 e. The van der Waals surface area contributed by atoms with Gasteiger partial charge in [0.2, 0.25) is 5.91 Å². The smallest absolute Gasteiger partial charge is 0.406 e. The van der Waals surface area contributed by atoms with Crippen molar-refractivity contribution in [3.8, 4) is 5.75 Å². The highest BCUT2D eigenvalue weighted by Crippen LogP contribution is 2.26. The van der Waals surface area contributed by atoms with Crippen LogP contribution in [-0.2, 0) is 17.9 Å². The fraction of sp³-hybridized carbons (Fsp3) is 0.400. The number of quaternary nitrogens is 1. The van der Waals surface area contributed by atoms with E-state index in [1.165, 1.54) is 0 Å². The number of nitrogen functional groups attached to an aromatic ring is 1. The molecule has 4 amide bonds. The molecule has 0 aliphatic carbocycles. The normalized spacial score (nSPS) is 16.2. The van der Waals surface area contributed by atoms with Gasteiger partial charge in [-0.2, -0.15) is 0 Å². The molecule has 1 heterocycles. The largest absolute Gasteiger partial charge is 0.573 e. The molecule has 0 spiro atoms. The maximum atomic E-state index is 12.4. The first-order valence-electron chi connectivity index (χ1n) is 11.9. The Morgan fingerprint density at radius 1 is 1.13 bits per heavy atom. The SMILES string of the molecule is C[N+](C)(Cc1cccc(CN2CC[C@@H](NC(=O)CNC(=O)c3cc(OC(F)(F)F)ccc3N)C2)c1)C(N)=O. The Hall–Kier alpha value is -3.84. The van der Waals surface area contributed by atoms with Crippen LogP contribution in [0.1, 0.15) is 27.9 Å². The number of hydrogen-bond donors (Lipinski definition) is 4. The zero-order valence-electron chi connectivity index (χ0n) is 21.2. The third-order valence-corrected chi connectivity index (χ3v) is 6.12. The van der Waals surface area contributed by atoms with E-state index in [9.17, 15) is 27.6 Å². The van der Waals surface area contributed by atoms with Crippen molar-refractivity contribution in [2.24, 2.45) is 5.73 Å². The van der Waals surface area contributed by atoms with Gasteiger partial charge in [-0.15, -0.1) is 13.2 Å². The van der Waals surface area contributed by atoms with E-state index >= 15 is 0 Å². The number of rotatable bonds is 9. The average molecular weight is 538 g/mol. The molecule has 0 aromatic heterocycles. The van der Waals surface area contributed by atoms with E-state index in [0.717, 1.165) is 42.3 Å². The molecule has 13 heteroatoms. The lowest BCUT2D eigenvalue weighted by Gasteiger charge is -2.24. The first-order valence-corrected chi connectivity index (χ1v) is 11.9. The number of hydrogen-bond acceptors (Lipinski definition) is 6. The van der Waals surface area contributed by atoms with Crippen molar-refractivity contribution in [1.82, 2.24) is 15.5 Å². The number of carbonyl (C=O) groups excluding carboxylic acids is 3. The molecule has 1 atom stereocenters. The van der Waals surface area contributed by atoms with Crippen molar-refractivity contribution in [2.45, 2.75) is 31.9 Å². The summed E-state index contributed by atoms with van der Waals surface area (Å²) in [5.74, 6) is -1.82. The number of alkyl halides is 3. The van der Waals surface area contributed by atoms with E-state index in [-0.39, 0.29) is 28.3 Å². The Morgan fingerprint density at radius 2 is 1.84 bits per heavy atom. The molecule has 6 N–H and O–H groups in total. The zero-order chi connectivity index (χ0) is 28.1. The molecule has 10 nitrogen and oxygen atoms in total. The second-order valence-corrected chi connectivity index (χ2v) is 9.77. The third kappa shape index (κ3) is 8.35. The van der Waals surface area contributed by atoms with Gasteiger partial charge in [0, 0.05) is 36.9 Å². The van der Waals surface area contributed by atoms with E-state index in [1.54, 1.807) is 14.1 Å². The fourth-order valence-electron chi connectivity index (χ4n) is 4.18. The monoisotopic (exact) mass is 537 g/mol. The number of halogens is 3. The van der Waals surface area contributed by atoms with Gasteiger partial charge in [-0.1, -0.05) is 18.2 Å². The molecule has 206 valence electrons. The first kappa shape index (κ1) is 28.7. The van der Waals surface area contributed by atoms with Crippen LogP contribution in [0.4, 0.5) is 23.7 Å². The molecule has 1 aliphatic rings. The molecule has 0 unspecified atom stereocenters. The minimum Gasteiger partial charge on any atom is -0.406 e. The molecule has 0 saturated carbocycles. The molecular formula is C25H32F3N6O4+. The van der Waals surface area contributed by atoms with Gasteiger partial charge in [0.15, 0.2) is 0 Å². The van der Waals surface area contributed by atoms with Crippen LogP contribution in [0, 0.1) is 0 Å². The molecule has 2 aromatic carbocycles. The molecule has 3 rings (SSSR count). The Bertz CT molecular complexity index is 1190. The topological polar surface area (TPSA) is 140 Å². The summed E-state index contributed by atoms with van der Waals surface area (Å²) in [5.41, 5.74) is 12.9. The average Bonchev–Trinajstić information content (AvgIpc) is 3.24. The number of carbonyl (C=O) groups is 3. The van der Waals surface area contributed by atoms with Crippen molar-refractivity contribution in [3.05, 3.63) is 59.2 Å². The number of ether oxygens (including phenoxy) is 1. The van der Waals surface area contributed by atoms with Crippen molar-refractivity contribution < 1.29 is 36.8 Å². The summed E-state index contributed by atoms with van der Waals surface area (Å²) in [6.45, 7) is 2.13. The van der Waals surface area contributed by atoms with Crippen molar-refractivity contribution >= 4 is 23.5 Å². The van der Waals surface area contributed by atoms with E-state index in [0.29, 0.717) is 19.6 Å². The number of anilines is 1. The molecule has 1 aliphatic heterocycles. The molecule has 0 bridgehead atoms. The molecule has 2 aromatic rings. The highest BCUT2D eigenvalue weighted by Gasteiger charge is 2.31. The number of nitrogens with one attached hydrogen (secondary N) is 2. The predicted octanol–water partition coefficient (Wildman–Crippen LogP) is 1.94. The number of benzene rings is 2. The van der Waals surface area contributed by atoms with Crippen LogP contribution in [0.25, 0.3) is 0 Å². The molecule has 0 radical (unpaired) electrons. The summed E-state index contributed by atoms with van der Waals surface area (Å²) >= 11 is 0. The highest BCUT2D eigenvalue weighted by atomic mass is 19.4. The zero-order valence-corrected chi connectivity index (χ0v) is 21.2. The van der Waals surface area contributed by atoms with E-state index in [2.05, 4.69) is 20.3 Å². The van der Waals surface area contributed by atoms with Crippen LogP contribution in [0.3, 0.4) is 0 Å². The molecule has 38 heavy (non-hydrogen) atoms. The van der Waals surface area contributed by atoms with Gasteiger partial charge < -0.3 is 26.8 Å². The van der Waals surface area contributed by atoms with Crippen LogP contribution in [0.15, 0.2) is 42.5 Å². The van der Waals surface area contributed by atoms with Gasteiger partial charge >= 0.3 is 12.4 Å². The Balaban J connectivity index is 1.47. The van der Waals surface area contributed by atoms with Gasteiger partial charge in [0.25, 0.3) is 5.91 Å². The first-order chi connectivity index (χ1) is 17.7. The van der Waals surface area contributed by atoms with Crippen molar-refractivity contribution in [3.63, 3.8) is 0 Å². The minimum absolute atomic E-state index is 0.0389. The minimum atomic E-state index is -4.91. The van der Waals surface area contributed by atoms with E-state index in [1.807, 2.05) is 24.3 Å². The predicted molar refractivity (Wildman–Crippen MR) is 134 cm³/mol. The van der Waals surface area contributed by atoms with Crippen LogP contribution in [0.5, 0.6) is 5.75 Å². The second kappa shape index (κ2) is 11.7. The van der Waals surface area contributed by atoms with Crippen LogP contribution < -0.4 is 26.8 Å². The standard InChI is InChI=1S/C25H31F3N6O4/c1-34(2,24(30)37)15-17-5-3-4-16(10-17)13-33-9-8-18(14-33)32-22(35)12-31-23(36)20-11-19(6-7-21(20)29)38-25(26,27)28/h3-7,10-11,18H,8-9,12-15H2,1-2H3,(H5-,29,30,31,32,35,36,37)/p+1/t18-/m1/s1.